The van der Waals surface area contributed by atoms with Crippen LogP contribution in [0.3, 0.4) is 0 Å². The molecule has 0 bridgehead atoms. The minimum atomic E-state index is 0.0490. The Morgan fingerprint density at radius 3 is 2.84 bits per heavy atom. The second-order valence-corrected chi connectivity index (χ2v) is 4.88. The predicted octanol–water partition coefficient (Wildman–Crippen LogP) is 2.94. The fraction of sp³-hybridized carbons (Fsp3) is 0.455. The lowest BCUT2D eigenvalue weighted by Crippen LogP contribution is -2.13. The van der Waals surface area contributed by atoms with Crippen LogP contribution in [0.15, 0.2) is 11.6 Å². The maximum absolute atomic E-state index is 5.84. The molecule has 2 aromatic rings. The van der Waals surface area contributed by atoms with Crippen LogP contribution in [-0.4, -0.2) is 26.5 Å². The molecule has 2 rings (SSSR count). The Bertz CT molecular complexity index is 522. The molecule has 0 saturated heterocycles. The SMILES string of the molecule is CCOc1nc(Cl)nc(NC(CC)c2nccs2)n1. The molecule has 8 heteroatoms. The zero-order valence-electron chi connectivity index (χ0n) is 10.6. The van der Waals surface area contributed by atoms with E-state index in [0.717, 1.165) is 11.4 Å². The molecule has 2 aromatic heterocycles. The van der Waals surface area contributed by atoms with Crippen molar-refractivity contribution in [1.29, 1.82) is 0 Å². The normalized spacial score (nSPS) is 12.2. The number of aromatic nitrogens is 4. The molecule has 0 aliphatic heterocycles. The quantitative estimate of drug-likeness (QED) is 0.884. The van der Waals surface area contributed by atoms with Gasteiger partial charge in [-0.1, -0.05) is 6.92 Å². The van der Waals surface area contributed by atoms with Crippen LogP contribution in [0.2, 0.25) is 5.28 Å². The molecule has 0 fully saturated rings. The zero-order chi connectivity index (χ0) is 13.7. The number of anilines is 1. The van der Waals surface area contributed by atoms with Crippen LogP contribution in [0.1, 0.15) is 31.3 Å². The Balaban J connectivity index is 2.17. The minimum Gasteiger partial charge on any atom is -0.464 e. The summed E-state index contributed by atoms with van der Waals surface area (Å²) in [5.41, 5.74) is 0. The number of nitrogens with zero attached hydrogens (tertiary/aromatic N) is 4. The highest BCUT2D eigenvalue weighted by atomic mass is 35.5. The number of nitrogens with one attached hydrogen (secondary N) is 1. The summed E-state index contributed by atoms with van der Waals surface area (Å²) in [7, 11) is 0. The van der Waals surface area contributed by atoms with Crippen LogP contribution in [0.4, 0.5) is 5.95 Å². The Hall–Kier alpha value is -1.47. The molecule has 1 atom stereocenters. The second-order valence-electron chi connectivity index (χ2n) is 3.62. The van der Waals surface area contributed by atoms with Gasteiger partial charge in [0.1, 0.15) is 5.01 Å². The van der Waals surface area contributed by atoms with Crippen molar-refractivity contribution in [3.8, 4) is 6.01 Å². The first-order valence-corrected chi connectivity index (χ1v) is 7.19. The lowest BCUT2D eigenvalue weighted by Gasteiger charge is -2.14. The monoisotopic (exact) mass is 299 g/mol. The standard InChI is InChI=1S/C11H14ClN5OS/c1-3-7(8-13-5-6-19-8)14-10-15-9(12)16-11(17-10)18-4-2/h5-7H,3-4H2,1-2H3,(H,14,15,16,17). The summed E-state index contributed by atoms with van der Waals surface area (Å²) < 4.78 is 5.23. The Labute approximate surface area is 120 Å². The third-order valence-electron chi connectivity index (χ3n) is 2.32. The van der Waals surface area contributed by atoms with E-state index in [1.54, 1.807) is 17.5 Å². The Morgan fingerprint density at radius 1 is 1.37 bits per heavy atom. The van der Waals surface area contributed by atoms with Gasteiger partial charge in [-0.15, -0.1) is 11.3 Å². The fourth-order valence-corrected chi connectivity index (χ4v) is 2.42. The molecular weight excluding hydrogens is 286 g/mol. The molecule has 19 heavy (non-hydrogen) atoms. The van der Waals surface area contributed by atoms with E-state index in [1.165, 1.54) is 0 Å². The van der Waals surface area contributed by atoms with Gasteiger partial charge in [-0.2, -0.15) is 15.0 Å². The van der Waals surface area contributed by atoms with E-state index in [-0.39, 0.29) is 17.3 Å². The molecule has 6 nitrogen and oxygen atoms in total. The van der Waals surface area contributed by atoms with Crippen LogP contribution >= 0.6 is 22.9 Å². The molecule has 0 aromatic carbocycles. The van der Waals surface area contributed by atoms with Crippen LogP contribution < -0.4 is 10.1 Å². The van der Waals surface area contributed by atoms with E-state index in [0.29, 0.717) is 12.6 Å². The maximum Gasteiger partial charge on any atom is 0.322 e. The molecule has 102 valence electrons. The molecule has 0 amide bonds. The molecule has 1 N–H and O–H groups in total. The average Bonchev–Trinajstić information content (AvgIpc) is 2.89. The first kappa shape index (κ1) is 14.0. The number of rotatable bonds is 6. The van der Waals surface area contributed by atoms with Crippen molar-refractivity contribution in [1.82, 2.24) is 19.9 Å². The number of ether oxygens (including phenoxy) is 1. The van der Waals surface area contributed by atoms with E-state index in [2.05, 4.69) is 32.2 Å². The minimum absolute atomic E-state index is 0.0490. The molecule has 0 saturated carbocycles. The number of hydrogen-bond acceptors (Lipinski definition) is 7. The van der Waals surface area contributed by atoms with Gasteiger partial charge in [-0.3, -0.25) is 0 Å². The number of halogens is 1. The topological polar surface area (TPSA) is 72.8 Å². The van der Waals surface area contributed by atoms with Gasteiger partial charge in [0.25, 0.3) is 0 Å². The summed E-state index contributed by atoms with van der Waals surface area (Å²) in [5.74, 6) is 0.394. The first-order valence-electron chi connectivity index (χ1n) is 5.93. The largest absolute Gasteiger partial charge is 0.464 e. The van der Waals surface area contributed by atoms with Gasteiger partial charge in [0, 0.05) is 11.6 Å². The molecule has 0 radical (unpaired) electrons. The molecule has 0 aliphatic rings. The van der Waals surface area contributed by atoms with Gasteiger partial charge < -0.3 is 10.1 Å². The van der Waals surface area contributed by atoms with Crippen molar-refractivity contribution in [2.24, 2.45) is 0 Å². The van der Waals surface area contributed by atoms with Crippen molar-refractivity contribution in [2.75, 3.05) is 11.9 Å². The summed E-state index contributed by atoms with van der Waals surface area (Å²) in [6.07, 6.45) is 2.64. The van der Waals surface area contributed by atoms with Gasteiger partial charge in [0.15, 0.2) is 0 Å². The Kier molecular flexibility index (Phi) is 4.86. The van der Waals surface area contributed by atoms with E-state index in [9.17, 15) is 0 Å². The third kappa shape index (κ3) is 3.74. The van der Waals surface area contributed by atoms with Crippen LogP contribution in [0.5, 0.6) is 6.01 Å². The number of thiazole rings is 1. The molecule has 0 spiro atoms. The fourth-order valence-electron chi connectivity index (χ4n) is 1.49. The average molecular weight is 300 g/mol. The summed E-state index contributed by atoms with van der Waals surface area (Å²) in [5, 5.41) is 6.22. The van der Waals surface area contributed by atoms with Crippen molar-refractivity contribution in [3.05, 3.63) is 21.9 Å². The highest BCUT2D eigenvalue weighted by molar-refractivity contribution is 7.09. The number of hydrogen-bond donors (Lipinski definition) is 1. The summed E-state index contributed by atoms with van der Waals surface area (Å²) in [4.78, 5) is 16.4. The van der Waals surface area contributed by atoms with Gasteiger partial charge in [-0.25, -0.2) is 4.98 Å². The van der Waals surface area contributed by atoms with Gasteiger partial charge in [0.2, 0.25) is 11.2 Å². The summed E-state index contributed by atoms with van der Waals surface area (Å²) >= 11 is 7.43. The highest BCUT2D eigenvalue weighted by Gasteiger charge is 2.14. The van der Waals surface area contributed by atoms with Gasteiger partial charge in [-0.05, 0) is 24.9 Å². The van der Waals surface area contributed by atoms with Crippen LogP contribution in [0.25, 0.3) is 0 Å². The lowest BCUT2D eigenvalue weighted by molar-refractivity contribution is 0.312. The molecular formula is C11H14ClN5OS. The molecule has 2 heterocycles. The van der Waals surface area contributed by atoms with Crippen LogP contribution in [0, 0.1) is 0 Å². The second kappa shape index (κ2) is 6.63. The smallest absolute Gasteiger partial charge is 0.322 e. The molecule has 0 aliphatic carbocycles. The third-order valence-corrected chi connectivity index (χ3v) is 3.38. The van der Waals surface area contributed by atoms with E-state index >= 15 is 0 Å². The zero-order valence-corrected chi connectivity index (χ0v) is 12.2. The van der Waals surface area contributed by atoms with Crippen molar-refractivity contribution in [3.63, 3.8) is 0 Å². The Morgan fingerprint density at radius 2 is 2.21 bits per heavy atom. The van der Waals surface area contributed by atoms with E-state index in [1.807, 2.05) is 12.3 Å². The predicted molar refractivity (Wildman–Crippen MR) is 74.8 cm³/mol. The maximum atomic E-state index is 5.84. The summed E-state index contributed by atoms with van der Waals surface area (Å²) in [6.45, 7) is 4.39. The van der Waals surface area contributed by atoms with Crippen molar-refractivity contribution < 1.29 is 4.74 Å². The molecule has 1 unspecified atom stereocenters. The highest BCUT2D eigenvalue weighted by Crippen LogP contribution is 2.23. The summed E-state index contributed by atoms with van der Waals surface area (Å²) in [6, 6.07) is 0.270. The van der Waals surface area contributed by atoms with Gasteiger partial charge in [0.05, 0.1) is 12.6 Å². The van der Waals surface area contributed by atoms with E-state index < -0.39 is 0 Å². The van der Waals surface area contributed by atoms with E-state index in [4.69, 9.17) is 16.3 Å². The van der Waals surface area contributed by atoms with Gasteiger partial charge >= 0.3 is 6.01 Å². The van der Waals surface area contributed by atoms with Crippen molar-refractivity contribution >= 4 is 28.9 Å². The first-order chi connectivity index (χ1) is 9.22. The van der Waals surface area contributed by atoms with Crippen molar-refractivity contribution in [2.45, 2.75) is 26.3 Å². The van der Waals surface area contributed by atoms with Crippen LogP contribution in [-0.2, 0) is 0 Å². The lowest BCUT2D eigenvalue weighted by atomic mass is 10.2.